The summed E-state index contributed by atoms with van der Waals surface area (Å²) in [5, 5.41) is 0. The van der Waals surface area contributed by atoms with Gasteiger partial charge in [-0.25, -0.2) is 8.42 Å². The lowest BCUT2D eigenvalue weighted by Crippen LogP contribution is -2.42. The van der Waals surface area contributed by atoms with Gasteiger partial charge >= 0.3 is 5.97 Å². The van der Waals surface area contributed by atoms with Crippen LogP contribution in [-0.2, 0) is 19.6 Å². The molecule has 1 aromatic rings. The van der Waals surface area contributed by atoms with E-state index in [1.165, 1.54) is 29.9 Å². The van der Waals surface area contributed by atoms with Gasteiger partial charge in [-0.05, 0) is 25.0 Å². The van der Waals surface area contributed by atoms with Crippen molar-refractivity contribution in [1.82, 2.24) is 9.29 Å². The third-order valence-electron chi connectivity index (χ3n) is 3.19. The van der Waals surface area contributed by atoms with Crippen LogP contribution in [0.1, 0.15) is 12.8 Å². The molecular formula is C12H16N2O4S. The molecule has 1 aliphatic rings. The summed E-state index contributed by atoms with van der Waals surface area (Å²) in [6.45, 7) is 0.592. The first kappa shape index (κ1) is 14.0. The molecule has 2 rings (SSSR count). The van der Waals surface area contributed by atoms with E-state index < -0.39 is 10.0 Å². The van der Waals surface area contributed by atoms with Gasteiger partial charge in [0.2, 0.25) is 10.0 Å². The van der Waals surface area contributed by atoms with E-state index in [1.807, 2.05) is 0 Å². The molecule has 1 atom stereocenters. The third-order valence-corrected chi connectivity index (χ3v) is 5.04. The summed E-state index contributed by atoms with van der Waals surface area (Å²) in [4.78, 5) is 15.5. The Morgan fingerprint density at radius 1 is 1.53 bits per heavy atom. The Labute approximate surface area is 112 Å². The second kappa shape index (κ2) is 5.66. The first-order valence-corrected chi connectivity index (χ1v) is 7.47. The summed E-state index contributed by atoms with van der Waals surface area (Å²) in [5.74, 6) is -0.740. The number of carbonyl (C=O) groups is 1. The molecule has 1 aromatic heterocycles. The number of carbonyl (C=O) groups excluding carboxylic acids is 1. The van der Waals surface area contributed by atoms with Gasteiger partial charge in [0.25, 0.3) is 0 Å². The van der Waals surface area contributed by atoms with E-state index in [0.717, 1.165) is 0 Å². The Balaban J connectivity index is 2.20. The molecule has 0 saturated carbocycles. The van der Waals surface area contributed by atoms with Crippen molar-refractivity contribution in [2.45, 2.75) is 17.7 Å². The van der Waals surface area contributed by atoms with Gasteiger partial charge in [0.05, 0.1) is 13.0 Å². The van der Waals surface area contributed by atoms with Crippen LogP contribution in [-0.4, -0.2) is 43.9 Å². The molecule has 6 nitrogen and oxygen atoms in total. The van der Waals surface area contributed by atoms with Crippen molar-refractivity contribution in [2.24, 2.45) is 5.92 Å². The minimum Gasteiger partial charge on any atom is -0.469 e. The van der Waals surface area contributed by atoms with Crippen molar-refractivity contribution in [2.75, 3.05) is 20.2 Å². The van der Waals surface area contributed by atoms with Crippen molar-refractivity contribution in [3.8, 4) is 0 Å². The summed E-state index contributed by atoms with van der Waals surface area (Å²) < 4.78 is 30.8. The van der Waals surface area contributed by atoms with Crippen molar-refractivity contribution in [1.29, 1.82) is 0 Å². The summed E-state index contributed by atoms with van der Waals surface area (Å²) in [5.41, 5.74) is 0. The molecule has 1 saturated heterocycles. The number of rotatable bonds is 3. The first-order valence-electron chi connectivity index (χ1n) is 6.03. The smallest absolute Gasteiger partial charge is 0.309 e. The van der Waals surface area contributed by atoms with E-state index in [4.69, 9.17) is 0 Å². The van der Waals surface area contributed by atoms with Crippen molar-refractivity contribution < 1.29 is 17.9 Å². The van der Waals surface area contributed by atoms with Gasteiger partial charge in [-0.3, -0.25) is 9.78 Å². The summed E-state index contributed by atoms with van der Waals surface area (Å²) in [6, 6.07) is 3.08. The summed E-state index contributed by atoms with van der Waals surface area (Å²) >= 11 is 0. The van der Waals surface area contributed by atoms with E-state index in [9.17, 15) is 13.2 Å². The highest BCUT2D eigenvalue weighted by molar-refractivity contribution is 7.89. The largest absolute Gasteiger partial charge is 0.469 e. The average molecular weight is 284 g/mol. The molecule has 7 heteroatoms. The van der Waals surface area contributed by atoms with Gasteiger partial charge < -0.3 is 4.74 Å². The van der Waals surface area contributed by atoms with Crippen LogP contribution < -0.4 is 0 Å². The number of esters is 1. The number of pyridine rings is 1. The molecule has 0 aromatic carbocycles. The first-order chi connectivity index (χ1) is 9.05. The van der Waals surface area contributed by atoms with Crippen molar-refractivity contribution in [3.05, 3.63) is 24.5 Å². The summed E-state index contributed by atoms with van der Waals surface area (Å²) in [6.07, 6.45) is 4.15. The van der Waals surface area contributed by atoms with Crippen LogP contribution in [0.25, 0.3) is 0 Å². The minimum absolute atomic E-state index is 0.153. The molecule has 1 fully saturated rings. The molecular weight excluding hydrogens is 268 g/mol. The molecule has 1 aliphatic heterocycles. The zero-order valence-electron chi connectivity index (χ0n) is 10.7. The van der Waals surface area contributed by atoms with Gasteiger partial charge in [0.15, 0.2) is 0 Å². The van der Waals surface area contributed by atoms with Crippen LogP contribution in [0.5, 0.6) is 0 Å². The minimum atomic E-state index is -3.57. The Kier molecular flexibility index (Phi) is 4.16. The number of sulfonamides is 1. The SMILES string of the molecule is COC(=O)[C@H]1CCCN(S(=O)(=O)c2cccnc2)C1. The Bertz CT molecular complexity index is 544. The standard InChI is InChI=1S/C12H16N2O4S/c1-18-12(15)10-4-3-7-14(9-10)19(16,17)11-5-2-6-13-8-11/h2,5-6,8,10H,3-4,7,9H2,1H3/t10-/m0/s1. The van der Waals surface area contributed by atoms with Gasteiger partial charge in [-0.1, -0.05) is 0 Å². The zero-order valence-corrected chi connectivity index (χ0v) is 11.5. The fourth-order valence-electron chi connectivity index (χ4n) is 2.17. The van der Waals surface area contributed by atoms with E-state index in [2.05, 4.69) is 9.72 Å². The maximum absolute atomic E-state index is 12.4. The van der Waals surface area contributed by atoms with E-state index in [-0.39, 0.29) is 23.3 Å². The molecule has 0 bridgehead atoms. The Morgan fingerprint density at radius 3 is 2.95 bits per heavy atom. The predicted molar refractivity (Wildman–Crippen MR) is 67.7 cm³/mol. The third kappa shape index (κ3) is 2.93. The van der Waals surface area contributed by atoms with Gasteiger partial charge in [0.1, 0.15) is 4.90 Å². The van der Waals surface area contributed by atoms with E-state index >= 15 is 0 Å². The zero-order chi connectivity index (χ0) is 13.9. The number of nitrogens with zero attached hydrogens (tertiary/aromatic N) is 2. The maximum atomic E-state index is 12.4. The average Bonchev–Trinajstić information content (AvgIpc) is 2.47. The number of methoxy groups -OCH3 is 1. The van der Waals surface area contributed by atoms with Crippen molar-refractivity contribution in [3.63, 3.8) is 0 Å². The molecule has 0 N–H and O–H groups in total. The van der Waals surface area contributed by atoms with Crippen LogP contribution >= 0.6 is 0 Å². The highest BCUT2D eigenvalue weighted by atomic mass is 32.2. The maximum Gasteiger partial charge on any atom is 0.309 e. The lowest BCUT2D eigenvalue weighted by Gasteiger charge is -2.30. The number of ether oxygens (including phenoxy) is 1. The normalized spacial score (nSPS) is 21.0. The monoisotopic (exact) mass is 284 g/mol. The van der Waals surface area contributed by atoms with Crippen LogP contribution in [0, 0.1) is 5.92 Å². The molecule has 0 spiro atoms. The van der Waals surface area contributed by atoms with Gasteiger partial charge in [-0.2, -0.15) is 4.31 Å². The molecule has 0 amide bonds. The lowest BCUT2D eigenvalue weighted by molar-refractivity contribution is -0.146. The quantitative estimate of drug-likeness (QED) is 0.762. The Hall–Kier alpha value is -1.47. The fourth-order valence-corrected chi connectivity index (χ4v) is 3.66. The highest BCUT2D eigenvalue weighted by Crippen LogP contribution is 2.23. The van der Waals surface area contributed by atoms with Gasteiger partial charge in [0, 0.05) is 25.5 Å². The second-order valence-corrected chi connectivity index (χ2v) is 6.35. The number of hydrogen-bond donors (Lipinski definition) is 0. The second-order valence-electron chi connectivity index (χ2n) is 4.41. The fraction of sp³-hybridized carbons (Fsp3) is 0.500. The number of hydrogen-bond acceptors (Lipinski definition) is 5. The molecule has 0 radical (unpaired) electrons. The molecule has 0 unspecified atom stereocenters. The Morgan fingerprint density at radius 2 is 2.32 bits per heavy atom. The van der Waals surface area contributed by atoms with Crippen LogP contribution in [0.15, 0.2) is 29.4 Å². The highest BCUT2D eigenvalue weighted by Gasteiger charge is 2.33. The molecule has 0 aliphatic carbocycles. The van der Waals surface area contributed by atoms with E-state index in [0.29, 0.717) is 19.4 Å². The predicted octanol–water partition coefficient (Wildman–Crippen LogP) is 0.655. The number of aromatic nitrogens is 1. The lowest BCUT2D eigenvalue weighted by atomic mass is 10.0. The number of piperidine rings is 1. The summed E-state index contributed by atoms with van der Waals surface area (Å²) in [7, 11) is -2.26. The van der Waals surface area contributed by atoms with Crippen LogP contribution in [0.3, 0.4) is 0 Å². The molecule has 2 heterocycles. The van der Waals surface area contributed by atoms with Crippen molar-refractivity contribution >= 4 is 16.0 Å². The molecule has 104 valence electrons. The van der Waals surface area contributed by atoms with Crippen LogP contribution in [0.4, 0.5) is 0 Å². The molecule has 19 heavy (non-hydrogen) atoms. The van der Waals surface area contributed by atoms with Crippen LogP contribution in [0.2, 0.25) is 0 Å². The topological polar surface area (TPSA) is 76.6 Å². The van der Waals surface area contributed by atoms with E-state index in [1.54, 1.807) is 6.07 Å². The van der Waals surface area contributed by atoms with Gasteiger partial charge in [-0.15, -0.1) is 0 Å².